The molecule has 6 nitrogen and oxygen atoms in total. The summed E-state index contributed by atoms with van der Waals surface area (Å²) >= 11 is 0. The number of methoxy groups -OCH3 is 1. The topological polar surface area (TPSA) is 63.0 Å². The lowest BCUT2D eigenvalue weighted by atomic mass is 10.1. The fourth-order valence-electron chi connectivity index (χ4n) is 3.55. The number of hydrogen-bond donors (Lipinski definition) is 0. The van der Waals surface area contributed by atoms with Gasteiger partial charge in [0.2, 0.25) is 0 Å². The van der Waals surface area contributed by atoms with E-state index in [1.54, 1.807) is 29.2 Å². The van der Waals surface area contributed by atoms with Crippen molar-refractivity contribution in [2.24, 2.45) is 0 Å². The van der Waals surface area contributed by atoms with Gasteiger partial charge in [-0.1, -0.05) is 42.5 Å². The molecule has 1 amide bonds. The van der Waals surface area contributed by atoms with E-state index in [1.165, 1.54) is 12.7 Å². The Kier molecular flexibility index (Phi) is 5.12. The molecular weight excluding hydrogens is 356 g/mol. The molecule has 2 aromatic carbocycles. The van der Waals surface area contributed by atoms with Crippen molar-refractivity contribution in [2.45, 2.75) is 6.54 Å². The Morgan fingerprint density at radius 3 is 2.50 bits per heavy atom. The van der Waals surface area contributed by atoms with Gasteiger partial charge >= 0.3 is 5.63 Å². The number of carbonyl (C=O) groups is 1. The van der Waals surface area contributed by atoms with E-state index < -0.39 is 5.63 Å². The number of fused-ring (bicyclic) bond motifs is 1. The van der Waals surface area contributed by atoms with E-state index >= 15 is 0 Å². The minimum absolute atomic E-state index is 0.0669. The van der Waals surface area contributed by atoms with Crippen LogP contribution in [0.5, 0.6) is 5.75 Å². The molecule has 0 atom stereocenters. The van der Waals surface area contributed by atoms with Crippen LogP contribution in [0.1, 0.15) is 15.9 Å². The molecule has 3 aromatic rings. The lowest BCUT2D eigenvalue weighted by molar-refractivity contribution is 0.0624. The summed E-state index contributed by atoms with van der Waals surface area (Å²) in [7, 11) is 1.52. The van der Waals surface area contributed by atoms with Gasteiger partial charge in [-0.05, 0) is 17.7 Å². The first-order valence-corrected chi connectivity index (χ1v) is 9.32. The maximum absolute atomic E-state index is 12.9. The van der Waals surface area contributed by atoms with E-state index in [4.69, 9.17) is 9.15 Å². The number of hydrogen-bond acceptors (Lipinski definition) is 5. The lowest BCUT2D eigenvalue weighted by Crippen LogP contribution is -2.49. The van der Waals surface area contributed by atoms with Gasteiger partial charge in [0.05, 0.1) is 7.11 Å². The molecule has 0 spiro atoms. The second kappa shape index (κ2) is 7.86. The molecule has 1 aliphatic rings. The first kappa shape index (κ1) is 18.3. The summed E-state index contributed by atoms with van der Waals surface area (Å²) in [5.74, 6) is 0.195. The summed E-state index contributed by atoms with van der Waals surface area (Å²) in [4.78, 5) is 29.3. The highest BCUT2D eigenvalue weighted by Crippen LogP contribution is 2.24. The van der Waals surface area contributed by atoms with Crippen LogP contribution >= 0.6 is 0 Å². The van der Waals surface area contributed by atoms with Crippen LogP contribution in [0.25, 0.3) is 11.0 Å². The fraction of sp³-hybridized carbons (Fsp3) is 0.273. The number of amides is 1. The molecule has 144 valence electrons. The second-order valence-electron chi connectivity index (χ2n) is 6.88. The average Bonchev–Trinajstić information content (AvgIpc) is 2.73. The Bertz CT molecular complexity index is 1040. The largest absolute Gasteiger partial charge is 0.493 e. The van der Waals surface area contributed by atoms with E-state index in [0.29, 0.717) is 29.8 Å². The quantitative estimate of drug-likeness (QED) is 0.654. The number of benzene rings is 2. The molecule has 28 heavy (non-hydrogen) atoms. The van der Waals surface area contributed by atoms with Crippen molar-refractivity contribution in [1.29, 1.82) is 0 Å². The van der Waals surface area contributed by atoms with Crippen molar-refractivity contribution in [3.63, 3.8) is 0 Å². The minimum Gasteiger partial charge on any atom is -0.493 e. The van der Waals surface area contributed by atoms with E-state index in [2.05, 4.69) is 17.0 Å². The Morgan fingerprint density at radius 2 is 1.79 bits per heavy atom. The van der Waals surface area contributed by atoms with Crippen molar-refractivity contribution in [1.82, 2.24) is 9.80 Å². The number of ether oxygens (including phenoxy) is 1. The highest BCUT2D eigenvalue weighted by atomic mass is 16.5. The maximum Gasteiger partial charge on any atom is 0.349 e. The molecule has 1 saturated heterocycles. The number of piperazine rings is 1. The Morgan fingerprint density at radius 1 is 1.04 bits per heavy atom. The van der Waals surface area contributed by atoms with Crippen LogP contribution in [0.3, 0.4) is 0 Å². The first-order valence-electron chi connectivity index (χ1n) is 9.32. The molecule has 1 aromatic heterocycles. The third-order valence-electron chi connectivity index (χ3n) is 5.08. The standard InChI is InChI=1S/C22H22N2O4/c1-27-19-9-5-8-17-14-18(22(26)28-20(17)19)21(25)24-12-10-23(11-13-24)15-16-6-3-2-4-7-16/h2-9,14H,10-13,15H2,1H3. The van der Waals surface area contributed by atoms with Crippen LogP contribution in [-0.2, 0) is 6.54 Å². The third-order valence-corrected chi connectivity index (χ3v) is 5.08. The number of para-hydroxylation sites is 1. The van der Waals surface area contributed by atoms with Crippen molar-refractivity contribution < 1.29 is 13.9 Å². The number of carbonyl (C=O) groups excluding carboxylic acids is 1. The van der Waals surface area contributed by atoms with Crippen LogP contribution < -0.4 is 10.4 Å². The molecule has 0 radical (unpaired) electrons. The van der Waals surface area contributed by atoms with Crippen LogP contribution in [0, 0.1) is 0 Å². The molecular formula is C22H22N2O4. The zero-order valence-corrected chi connectivity index (χ0v) is 15.8. The summed E-state index contributed by atoms with van der Waals surface area (Å²) in [6.07, 6.45) is 0. The van der Waals surface area contributed by atoms with Gasteiger partial charge < -0.3 is 14.1 Å². The van der Waals surface area contributed by atoms with Gasteiger partial charge in [0.25, 0.3) is 5.91 Å². The van der Waals surface area contributed by atoms with E-state index in [-0.39, 0.29) is 11.5 Å². The van der Waals surface area contributed by atoms with Crippen molar-refractivity contribution in [3.8, 4) is 5.75 Å². The van der Waals surface area contributed by atoms with Gasteiger partial charge in [0.15, 0.2) is 11.3 Å². The molecule has 0 saturated carbocycles. The number of nitrogens with zero attached hydrogens (tertiary/aromatic N) is 2. The summed E-state index contributed by atoms with van der Waals surface area (Å²) in [5.41, 5.74) is 1.05. The first-order chi connectivity index (χ1) is 13.7. The van der Waals surface area contributed by atoms with Gasteiger partial charge in [-0.25, -0.2) is 4.79 Å². The molecule has 0 aliphatic carbocycles. The molecule has 1 aliphatic heterocycles. The summed E-state index contributed by atoms with van der Waals surface area (Å²) in [5, 5.41) is 0.671. The van der Waals surface area contributed by atoms with E-state index in [0.717, 1.165) is 19.6 Å². The Balaban J connectivity index is 1.48. The lowest BCUT2D eigenvalue weighted by Gasteiger charge is -2.34. The summed E-state index contributed by atoms with van der Waals surface area (Å²) in [6, 6.07) is 17.2. The zero-order valence-electron chi connectivity index (χ0n) is 15.8. The maximum atomic E-state index is 12.9. The van der Waals surface area contributed by atoms with Crippen LogP contribution in [0.4, 0.5) is 0 Å². The molecule has 0 bridgehead atoms. The SMILES string of the molecule is COc1cccc2cc(C(=O)N3CCN(Cc4ccccc4)CC3)c(=O)oc12. The summed E-state index contributed by atoms with van der Waals surface area (Å²) < 4.78 is 10.6. The van der Waals surface area contributed by atoms with Gasteiger partial charge in [-0.3, -0.25) is 9.69 Å². The average molecular weight is 378 g/mol. The number of rotatable bonds is 4. The Labute approximate surface area is 162 Å². The monoisotopic (exact) mass is 378 g/mol. The molecule has 4 rings (SSSR count). The van der Waals surface area contributed by atoms with Crippen LogP contribution in [-0.4, -0.2) is 49.0 Å². The van der Waals surface area contributed by atoms with E-state index in [1.807, 2.05) is 18.2 Å². The predicted molar refractivity (Wildman–Crippen MR) is 107 cm³/mol. The second-order valence-corrected chi connectivity index (χ2v) is 6.88. The molecule has 6 heteroatoms. The highest BCUT2D eigenvalue weighted by Gasteiger charge is 2.25. The van der Waals surface area contributed by atoms with Crippen molar-refractivity contribution in [3.05, 3.63) is 76.1 Å². The van der Waals surface area contributed by atoms with Crippen LogP contribution in [0.15, 0.2) is 63.8 Å². The predicted octanol–water partition coefficient (Wildman–Crippen LogP) is 2.76. The van der Waals surface area contributed by atoms with Crippen molar-refractivity contribution >= 4 is 16.9 Å². The zero-order chi connectivity index (χ0) is 19.5. The van der Waals surface area contributed by atoms with Crippen LogP contribution in [0.2, 0.25) is 0 Å². The molecule has 0 unspecified atom stereocenters. The summed E-state index contributed by atoms with van der Waals surface area (Å²) in [6.45, 7) is 3.57. The van der Waals surface area contributed by atoms with Gasteiger partial charge in [-0.2, -0.15) is 0 Å². The van der Waals surface area contributed by atoms with Crippen molar-refractivity contribution in [2.75, 3.05) is 33.3 Å². The fourth-order valence-corrected chi connectivity index (χ4v) is 3.55. The third kappa shape index (κ3) is 3.64. The Hall–Kier alpha value is -3.12. The highest BCUT2D eigenvalue weighted by molar-refractivity contribution is 5.97. The van der Waals surface area contributed by atoms with Gasteiger partial charge in [-0.15, -0.1) is 0 Å². The van der Waals surface area contributed by atoms with Gasteiger partial charge in [0, 0.05) is 38.1 Å². The molecule has 1 fully saturated rings. The van der Waals surface area contributed by atoms with E-state index in [9.17, 15) is 9.59 Å². The van der Waals surface area contributed by atoms with Gasteiger partial charge in [0.1, 0.15) is 5.56 Å². The molecule has 0 N–H and O–H groups in total. The smallest absolute Gasteiger partial charge is 0.349 e. The normalized spacial score (nSPS) is 15.0. The minimum atomic E-state index is -0.631. The molecule has 2 heterocycles.